The van der Waals surface area contributed by atoms with Gasteiger partial charge in [-0.25, -0.2) is 9.67 Å². The van der Waals surface area contributed by atoms with Gasteiger partial charge in [-0.05, 0) is 21.0 Å². The molecule has 3 N–H and O–H groups in total. The molecule has 0 radical (unpaired) electrons. The summed E-state index contributed by atoms with van der Waals surface area (Å²) in [7, 11) is 3.92. The van der Waals surface area contributed by atoms with Gasteiger partial charge in [0.1, 0.15) is 12.9 Å². The minimum Gasteiger partial charge on any atom is -0.367 e. The molecule has 0 saturated carbocycles. The van der Waals surface area contributed by atoms with Gasteiger partial charge in [0.25, 0.3) is 0 Å². The third-order valence-corrected chi connectivity index (χ3v) is 1.91. The molecule has 0 saturated heterocycles. The van der Waals surface area contributed by atoms with Crippen LogP contribution in [0.4, 0.5) is 5.95 Å². The van der Waals surface area contributed by atoms with Gasteiger partial charge in [0.05, 0.1) is 0 Å². The van der Waals surface area contributed by atoms with Crippen molar-refractivity contribution >= 4 is 11.9 Å². The topological polar surface area (TPSA) is 89.1 Å². The van der Waals surface area contributed by atoms with E-state index in [4.69, 9.17) is 5.73 Å². The van der Waals surface area contributed by atoms with Crippen LogP contribution in [0.2, 0.25) is 0 Å². The van der Waals surface area contributed by atoms with Crippen molar-refractivity contribution in [2.45, 2.75) is 19.5 Å². The number of amides is 1. The van der Waals surface area contributed by atoms with E-state index in [9.17, 15) is 4.79 Å². The molecule has 1 rings (SSSR count). The molecular weight excluding hydrogens is 208 g/mol. The van der Waals surface area contributed by atoms with Crippen LogP contribution in [-0.4, -0.2) is 52.3 Å². The van der Waals surface area contributed by atoms with E-state index in [0.29, 0.717) is 0 Å². The van der Waals surface area contributed by atoms with E-state index in [2.05, 4.69) is 15.4 Å². The number of nitrogens with two attached hydrogens (primary N) is 1. The van der Waals surface area contributed by atoms with E-state index < -0.39 is 0 Å². The van der Waals surface area contributed by atoms with E-state index in [1.807, 2.05) is 25.9 Å². The second kappa shape index (κ2) is 5.45. The molecule has 0 aliphatic carbocycles. The number of hydrogen-bond donors (Lipinski definition) is 2. The van der Waals surface area contributed by atoms with Gasteiger partial charge in [-0.3, -0.25) is 4.79 Å². The maximum atomic E-state index is 11.6. The van der Waals surface area contributed by atoms with E-state index in [1.54, 1.807) is 0 Å². The molecule has 0 aliphatic rings. The van der Waals surface area contributed by atoms with Crippen molar-refractivity contribution < 1.29 is 4.79 Å². The average Bonchev–Trinajstić information content (AvgIpc) is 2.48. The Morgan fingerprint density at radius 1 is 1.69 bits per heavy atom. The number of carbonyl (C=O) groups is 1. The standard InChI is InChI=1S/C9H18N6O/c1-7(4-14(2)3)12-8(16)5-15-6-11-9(10)13-15/h6-7H,4-5H2,1-3H3,(H2,10,13)(H,12,16). The van der Waals surface area contributed by atoms with Crippen molar-refractivity contribution in [3.05, 3.63) is 6.33 Å². The molecule has 1 amide bonds. The van der Waals surface area contributed by atoms with Gasteiger partial charge < -0.3 is 16.0 Å². The average molecular weight is 226 g/mol. The summed E-state index contributed by atoms with van der Waals surface area (Å²) >= 11 is 0. The Balaban J connectivity index is 2.36. The molecule has 0 aliphatic heterocycles. The van der Waals surface area contributed by atoms with Crippen molar-refractivity contribution in [2.24, 2.45) is 0 Å². The zero-order valence-corrected chi connectivity index (χ0v) is 9.84. The number of hydrogen-bond acceptors (Lipinski definition) is 5. The lowest BCUT2D eigenvalue weighted by molar-refractivity contribution is -0.122. The van der Waals surface area contributed by atoms with Gasteiger partial charge in [-0.2, -0.15) is 0 Å². The number of carbonyl (C=O) groups excluding carboxylic acids is 1. The highest BCUT2D eigenvalue weighted by Gasteiger charge is 2.09. The zero-order chi connectivity index (χ0) is 12.1. The molecule has 0 spiro atoms. The predicted molar refractivity (Wildman–Crippen MR) is 60.6 cm³/mol. The summed E-state index contributed by atoms with van der Waals surface area (Å²) in [5, 5.41) is 6.69. The normalized spacial score (nSPS) is 12.8. The van der Waals surface area contributed by atoms with Gasteiger partial charge in [0.15, 0.2) is 0 Å². The highest BCUT2D eigenvalue weighted by molar-refractivity contribution is 5.75. The van der Waals surface area contributed by atoms with E-state index in [-0.39, 0.29) is 24.4 Å². The van der Waals surface area contributed by atoms with Gasteiger partial charge in [0, 0.05) is 12.6 Å². The minimum absolute atomic E-state index is 0.0979. The molecular formula is C9H18N6O. The Kier molecular flexibility index (Phi) is 4.24. The van der Waals surface area contributed by atoms with Crippen LogP contribution in [0.3, 0.4) is 0 Å². The van der Waals surface area contributed by atoms with Crippen molar-refractivity contribution in [1.29, 1.82) is 0 Å². The lowest BCUT2D eigenvalue weighted by atomic mass is 10.3. The highest BCUT2D eigenvalue weighted by atomic mass is 16.2. The smallest absolute Gasteiger partial charge is 0.242 e. The van der Waals surface area contributed by atoms with Crippen LogP contribution in [0.5, 0.6) is 0 Å². The maximum absolute atomic E-state index is 11.6. The first-order valence-corrected chi connectivity index (χ1v) is 5.06. The number of nitrogens with zero attached hydrogens (tertiary/aromatic N) is 4. The Labute approximate surface area is 94.6 Å². The lowest BCUT2D eigenvalue weighted by Gasteiger charge is -2.18. The molecule has 7 nitrogen and oxygen atoms in total. The first-order chi connectivity index (χ1) is 7.47. The van der Waals surface area contributed by atoms with Crippen molar-refractivity contribution in [2.75, 3.05) is 26.4 Å². The first-order valence-electron chi connectivity index (χ1n) is 5.06. The molecule has 1 aromatic heterocycles. The van der Waals surface area contributed by atoms with Gasteiger partial charge in [-0.15, -0.1) is 5.10 Å². The van der Waals surface area contributed by atoms with Crippen LogP contribution in [-0.2, 0) is 11.3 Å². The van der Waals surface area contributed by atoms with Gasteiger partial charge >= 0.3 is 0 Å². The van der Waals surface area contributed by atoms with E-state index in [0.717, 1.165) is 6.54 Å². The molecule has 1 atom stereocenters. The first kappa shape index (κ1) is 12.4. The number of nitrogen functional groups attached to an aromatic ring is 1. The Hall–Kier alpha value is -1.63. The third kappa shape index (κ3) is 4.26. The van der Waals surface area contributed by atoms with Gasteiger partial charge in [0.2, 0.25) is 11.9 Å². The SMILES string of the molecule is CC(CN(C)C)NC(=O)Cn1cnc(N)n1. The Morgan fingerprint density at radius 3 is 2.88 bits per heavy atom. The lowest BCUT2D eigenvalue weighted by Crippen LogP contribution is -2.41. The fourth-order valence-electron chi connectivity index (χ4n) is 1.45. The van der Waals surface area contributed by atoms with Crippen molar-refractivity contribution in [3.8, 4) is 0 Å². The minimum atomic E-state index is -0.0979. The summed E-state index contributed by atoms with van der Waals surface area (Å²) in [5.41, 5.74) is 5.34. The van der Waals surface area contributed by atoms with Crippen LogP contribution in [0.1, 0.15) is 6.92 Å². The van der Waals surface area contributed by atoms with Crippen molar-refractivity contribution in [3.63, 3.8) is 0 Å². The van der Waals surface area contributed by atoms with Crippen LogP contribution < -0.4 is 11.1 Å². The molecule has 1 aromatic rings. The predicted octanol–water partition coefficient (Wildman–Crippen LogP) is -1.07. The van der Waals surface area contributed by atoms with Crippen LogP contribution >= 0.6 is 0 Å². The summed E-state index contributed by atoms with van der Waals surface area (Å²) in [5.74, 6) is 0.0772. The van der Waals surface area contributed by atoms with Gasteiger partial charge in [-0.1, -0.05) is 0 Å². The number of aromatic nitrogens is 3. The van der Waals surface area contributed by atoms with Crippen molar-refractivity contribution in [1.82, 2.24) is 25.0 Å². The number of rotatable bonds is 5. The molecule has 0 aromatic carbocycles. The second-order valence-corrected chi connectivity index (χ2v) is 4.03. The molecule has 0 fully saturated rings. The molecule has 0 bridgehead atoms. The maximum Gasteiger partial charge on any atom is 0.242 e. The molecule has 1 heterocycles. The Morgan fingerprint density at radius 2 is 2.38 bits per heavy atom. The third-order valence-electron chi connectivity index (χ3n) is 1.91. The molecule has 1 unspecified atom stereocenters. The summed E-state index contributed by atoms with van der Waals surface area (Å²) in [6.45, 7) is 2.89. The monoisotopic (exact) mass is 226 g/mol. The highest BCUT2D eigenvalue weighted by Crippen LogP contribution is 1.90. The number of likely N-dealkylation sites (N-methyl/N-ethyl adjacent to an activating group) is 1. The number of nitrogens with one attached hydrogen (secondary N) is 1. The fraction of sp³-hybridized carbons (Fsp3) is 0.667. The molecule has 90 valence electrons. The number of anilines is 1. The van der Waals surface area contributed by atoms with Crippen LogP contribution in [0.25, 0.3) is 0 Å². The Bertz CT molecular complexity index is 348. The summed E-state index contributed by atoms with van der Waals surface area (Å²) in [6.07, 6.45) is 1.44. The van der Waals surface area contributed by atoms with E-state index >= 15 is 0 Å². The quantitative estimate of drug-likeness (QED) is 0.667. The second-order valence-electron chi connectivity index (χ2n) is 4.03. The molecule has 16 heavy (non-hydrogen) atoms. The fourth-order valence-corrected chi connectivity index (χ4v) is 1.45. The van der Waals surface area contributed by atoms with E-state index in [1.165, 1.54) is 11.0 Å². The summed E-state index contributed by atoms with van der Waals surface area (Å²) in [6, 6.07) is 0.100. The van der Waals surface area contributed by atoms with Crippen LogP contribution in [0.15, 0.2) is 6.33 Å². The molecule has 7 heteroatoms. The summed E-state index contributed by atoms with van der Waals surface area (Å²) in [4.78, 5) is 17.3. The zero-order valence-electron chi connectivity index (χ0n) is 9.84. The largest absolute Gasteiger partial charge is 0.367 e. The van der Waals surface area contributed by atoms with Crippen LogP contribution in [0, 0.1) is 0 Å². The summed E-state index contributed by atoms with van der Waals surface area (Å²) < 4.78 is 1.41.